The first kappa shape index (κ1) is 22.1. The molecule has 0 bridgehead atoms. The van der Waals surface area contributed by atoms with Crippen molar-refractivity contribution in [3.8, 4) is 6.07 Å². The number of esters is 1. The highest BCUT2D eigenvalue weighted by Crippen LogP contribution is 2.40. The molecule has 0 saturated heterocycles. The lowest BCUT2D eigenvalue weighted by Gasteiger charge is -2.12. The first-order valence-electron chi connectivity index (χ1n) is 8.92. The molecule has 0 unspecified atom stereocenters. The summed E-state index contributed by atoms with van der Waals surface area (Å²) < 4.78 is 30.4. The molecule has 1 amide bonds. The number of ether oxygens (including phenoxy) is 1. The van der Waals surface area contributed by atoms with Crippen molar-refractivity contribution in [1.29, 1.82) is 5.26 Å². The van der Waals surface area contributed by atoms with E-state index >= 15 is 0 Å². The summed E-state index contributed by atoms with van der Waals surface area (Å²) in [5.41, 5.74) is 1.11. The Morgan fingerprint density at radius 2 is 2.10 bits per heavy atom. The van der Waals surface area contributed by atoms with Gasteiger partial charge in [0, 0.05) is 16.5 Å². The van der Waals surface area contributed by atoms with Crippen LogP contribution in [0, 0.1) is 11.3 Å². The van der Waals surface area contributed by atoms with Gasteiger partial charge in [-0.25, -0.2) is 9.78 Å². The molecule has 2 aromatic rings. The number of nitrogens with zero attached hydrogens (tertiary/aromatic N) is 2. The van der Waals surface area contributed by atoms with Crippen molar-refractivity contribution in [1.82, 2.24) is 4.98 Å². The van der Waals surface area contributed by atoms with E-state index in [0.29, 0.717) is 16.8 Å². The lowest BCUT2D eigenvalue weighted by molar-refractivity contribution is -0.119. The first-order valence-corrected chi connectivity index (χ1v) is 11.0. The second kappa shape index (κ2) is 9.91. The quantitative estimate of drug-likeness (QED) is 0.463. The van der Waals surface area contributed by atoms with Crippen LogP contribution in [-0.4, -0.2) is 35.5 Å². The molecule has 0 radical (unpaired) electrons. The molecule has 1 N–H and O–H groups in total. The lowest BCUT2D eigenvalue weighted by Crippen LogP contribution is -2.22. The van der Waals surface area contributed by atoms with Crippen LogP contribution in [0.2, 0.25) is 0 Å². The Balaban J connectivity index is 1.70. The average Bonchev–Trinajstić information content (AvgIpc) is 3.57. The number of anilines is 1. The van der Waals surface area contributed by atoms with Gasteiger partial charge in [-0.2, -0.15) is 14.0 Å². The molecular formula is C20H17F2N3O3S2. The van der Waals surface area contributed by atoms with Crippen molar-refractivity contribution in [2.24, 2.45) is 0 Å². The van der Waals surface area contributed by atoms with E-state index in [2.05, 4.69) is 10.3 Å². The molecule has 1 heterocycles. The number of alkyl halides is 2. The van der Waals surface area contributed by atoms with E-state index in [1.165, 1.54) is 23.9 Å². The van der Waals surface area contributed by atoms with E-state index in [9.17, 15) is 23.6 Å². The monoisotopic (exact) mass is 449 g/mol. The number of amides is 1. The first-order chi connectivity index (χ1) is 14.4. The van der Waals surface area contributed by atoms with Crippen LogP contribution in [0.5, 0.6) is 0 Å². The smallest absolute Gasteiger partial charge is 0.340 e. The summed E-state index contributed by atoms with van der Waals surface area (Å²) in [6.45, 7) is -0.618. The summed E-state index contributed by atoms with van der Waals surface area (Å²) in [7, 11) is 0. The van der Waals surface area contributed by atoms with E-state index in [1.54, 1.807) is 24.5 Å². The third-order valence-electron chi connectivity index (χ3n) is 4.24. The summed E-state index contributed by atoms with van der Waals surface area (Å²) in [5, 5.41) is 12.3. The highest BCUT2D eigenvalue weighted by atomic mass is 32.2. The zero-order chi connectivity index (χ0) is 21.7. The van der Waals surface area contributed by atoms with Crippen molar-refractivity contribution in [2.75, 3.05) is 18.2 Å². The molecule has 0 aliphatic heterocycles. The van der Waals surface area contributed by atoms with E-state index in [1.807, 2.05) is 6.07 Å². The minimum atomic E-state index is -2.64. The van der Waals surface area contributed by atoms with Gasteiger partial charge in [0.05, 0.1) is 16.8 Å². The number of aromatic nitrogens is 1. The molecule has 0 spiro atoms. The molecule has 6 nitrogen and oxygen atoms in total. The SMILES string of the molecule is CSc1nc(C2CC2)cc(C(=O)OCC(=O)Nc2ccccc2SC(F)F)c1C#N. The number of rotatable bonds is 8. The second-order valence-corrected chi connectivity index (χ2v) is 8.19. The Bertz CT molecular complexity index is 1010. The zero-order valence-corrected chi connectivity index (χ0v) is 17.5. The highest BCUT2D eigenvalue weighted by molar-refractivity contribution is 7.99. The summed E-state index contributed by atoms with van der Waals surface area (Å²) >= 11 is 1.57. The van der Waals surface area contributed by atoms with Gasteiger partial charge in [0.2, 0.25) is 0 Å². The van der Waals surface area contributed by atoms with E-state index in [4.69, 9.17) is 4.74 Å². The van der Waals surface area contributed by atoms with Crippen molar-refractivity contribution >= 4 is 41.1 Å². The topological polar surface area (TPSA) is 92.1 Å². The number of benzene rings is 1. The van der Waals surface area contributed by atoms with Crippen LogP contribution >= 0.6 is 23.5 Å². The van der Waals surface area contributed by atoms with Gasteiger partial charge < -0.3 is 10.1 Å². The zero-order valence-electron chi connectivity index (χ0n) is 15.9. The Kier molecular flexibility index (Phi) is 7.29. The molecule has 1 saturated carbocycles. The fourth-order valence-corrected chi connectivity index (χ4v) is 3.86. The van der Waals surface area contributed by atoms with Crippen molar-refractivity contribution in [3.05, 3.63) is 47.2 Å². The predicted octanol–water partition coefficient (Wildman–Crippen LogP) is 4.66. The molecule has 0 atom stereocenters. The Morgan fingerprint density at radius 1 is 1.37 bits per heavy atom. The number of carbonyl (C=O) groups excluding carboxylic acids is 2. The summed E-state index contributed by atoms with van der Waals surface area (Å²) in [6.07, 6.45) is 3.70. The molecule has 3 rings (SSSR count). The molecular weight excluding hydrogens is 432 g/mol. The molecule has 1 aromatic carbocycles. The number of nitrogens with one attached hydrogen (secondary N) is 1. The maximum Gasteiger partial charge on any atom is 0.340 e. The number of thioether (sulfide) groups is 2. The summed E-state index contributed by atoms with van der Waals surface area (Å²) in [5.74, 6) is -3.85. The maximum atomic E-state index is 12.7. The summed E-state index contributed by atoms with van der Waals surface area (Å²) in [6, 6.07) is 9.63. The normalized spacial score (nSPS) is 13.0. The molecule has 1 fully saturated rings. The predicted molar refractivity (Wildman–Crippen MR) is 110 cm³/mol. The molecule has 1 aliphatic carbocycles. The number of hydrogen-bond donors (Lipinski definition) is 1. The highest BCUT2D eigenvalue weighted by Gasteiger charge is 2.29. The largest absolute Gasteiger partial charge is 0.452 e. The van der Waals surface area contributed by atoms with Crippen LogP contribution < -0.4 is 5.32 Å². The Morgan fingerprint density at radius 3 is 2.73 bits per heavy atom. The van der Waals surface area contributed by atoms with Gasteiger partial charge in [-0.15, -0.1) is 11.8 Å². The number of pyridine rings is 1. The Hall–Kier alpha value is -2.64. The van der Waals surface area contributed by atoms with Crippen LogP contribution in [0.4, 0.5) is 14.5 Å². The van der Waals surface area contributed by atoms with Gasteiger partial charge in [-0.05, 0) is 37.3 Å². The third kappa shape index (κ3) is 5.49. The molecule has 10 heteroatoms. The van der Waals surface area contributed by atoms with Gasteiger partial charge in [0.25, 0.3) is 11.7 Å². The average molecular weight is 450 g/mol. The Labute approximate surface area is 180 Å². The van der Waals surface area contributed by atoms with Gasteiger partial charge in [-0.3, -0.25) is 4.79 Å². The van der Waals surface area contributed by atoms with Gasteiger partial charge in [-0.1, -0.05) is 23.9 Å². The van der Waals surface area contributed by atoms with Crippen LogP contribution in [0.3, 0.4) is 0 Å². The third-order valence-corrected chi connectivity index (χ3v) is 5.71. The number of carbonyl (C=O) groups is 2. The van der Waals surface area contributed by atoms with E-state index in [-0.39, 0.29) is 27.6 Å². The summed E-state index contributed by atoms with van der Waals surface area (Å²) in [4.78, 5) is 29.4. The molecule has 1 aliphatic rings. The van der Waals surface area contributed by atoms with Crippen LogP contribution in [0.15, 0.2) is 40.3 Å². The fourth-order valence-electron chi connectivity index (χ4n) is 2.71. The van der Waals surface area contributed by atoms with Crippen molar-refractivity contribution < 1.29 is 23.1 Å². The standard InChI is InChI=1S/C20H17F2N3O3S2/c1-29-18-13(9-23)12(8-15(25-18)11-6-7-11)19(27)28-10-17(26)24-14-4-2-3-5-16(14)30-20(21)22/h2-5,8,11,20H,6-7,10H2,1H3,(H,24,26). The molecule has 156 valence electrons. The fraction of sp³-hybridized carbons (Fsp3) is 0.300. The van der Waals surface area contributed by atoms with Crippen LogP contribution in [0.25, 0.3) is 0 Å². The number of nitriles is 1. The van der Waals surface area contributed by atoms with E-state index in [0.717, 1.165) is 18.5 Å². The molecule has 1 aromatic heterocycles. The van der Waals surface area contributed by atoms with Crippen molar-refractivity contribution in [2.45, 2.75) is 34.4 Å². The maximum absolute atomic E-state index is 12.7. The van der Waals surface area contributed by atoms with Crippen LogP contribution in [0.1, 0.15) is 40.4 Å². The minimum Gasteiger partial charge on any atom is -0.452 e. The second-order valence-electron chi connectivity index (χ2n) is 6.36. The lowest BCUT2D eigenvalue weighted by atomic mass is 10.1. The van der Waals surface area contributed by atoms with Gasteiger partial charge in [0.15, 0.2) is 6.61 Å². The molecule has 30 heavy (non-hydrogen) atoms. The number of para-hydroxylation sites is 1. The number of halogens is 2. The minimum absolute atomic E-state index is 0.0696. The van der Waals surface area contributed by atoms with Crippen LogP contribution in [-0.2, 0) is 9.53 Å². The van der Waals surface area contributed by atoms with Gasteiger partial charge >= 0.3 is 5.97 Å². The van der Waals surface area contributed by atoms with E-state index < -0.39 is 24.2 Å². The number of hydrogen-bond acceptors (Lipinski definition) is 7. The van der Waals surface area contributed by atoms with Crippen molar-refractivity contribution in [3.63, 3.8) is 0 Å². The van der Waals surface area contributed by atoms with Gasteiger partial charge in [0.1, 0.15) is 11.1 Å².